The zero-order valence-corrected chi connectivity index (χ0v) is 19.0. The molecule has 29 heavy (non-hydrogen) atoms. The summed E-state index contributed by atoms with van der Waals surface area (Å²) >= 11 is 0. The molecule has 3 N–H and O–H groups in total. The molecule has 2 fully saturated rings. The summed E-state index contributed by atoms with van der Waals surface area (Å²) in [6.07, 6.45) is -2.93. The molecule has 1 unspecified atom stereocenters. The second-order valence-electron chi connectivity index (χ2n) is 9.93. The first kappa shape index (κ1) is 22.1. The molecule has 10 heteroatoms. The summed E-state index contributed by atoms with van der Waals surface area (Å²) in [6, 6.07) is 1.44. The molecule has 1 aromatic heterocycles. The minimum atomic E-state index is -2.34. The maximum Gasteiger partial charge on any atom is 0.351 e. The molecule has 2 aliphatic rings. The highest BCUT2D eigenvalue weighted by Crippen LogP contribution is 2.64. The Morgan fingerprint density at radius 3 is 2.21 bits per heavy atom. The van der Waals surface area contributed by atoms with E-state index < -0.39 is 38.5 Å². The van der Waals surface area contributed by atoms with Crippen molar-refractivity contribution in [3.63, 3.8) is 0 Å². The van der Waals surface area contributed by atoms with Gasteiger partial charge in [0, 0.05) is 13.1 Å². The van der Waals surface area contributed by atoms with E-state index in [1.54, 1.807) is 0 Å². The molecule has 5 atom stereocenters. The van der Waals surface area contributed by atoms with Crippen molar-refractivity contribution in [2.24, 2.45) is 0 Å². The maximum absolute atomic E-state index is 12.4. The fourth-order valence-electron chi connectivity index (χ4n) is 4.82. The van der Waals surface area contributed by atoms with E-state index in [0.717, 1.165) is 4.57 Å². The van der Waals surface area contributed by atoms with Crippen LogP contribution in [0.4, 0.5) is 5.82 Å². The predicted octanol–water partition coefficient (Wildman–Crippen LogP) is 1.30. The maximum atomic E-state index is 12.4. The van der Waals surface area contributed by atoms with Crippen molar-refractivity contribution >= 4 is 20.0 Å². The van der Waals surface area contributed by atoms with Crippen LogP contribution in [0.3, 0.4) is 0 Å². The largest absolute Gasteiger partial charge is 0.408 e. The Hall–Kier alpha value is -1.59. The first-order valence-electron chi connectivity index (χ1n) is 9.77. The molecule has 0 bridgehead atoms. The topological polar surface area (TPSA) is 126 Å². The summed E-state index contributed by atoms with van der Waals surface area (Å²) < 4.78 is 13.4. The fraction of sp³-hybridized carbons (Fsp3) is 0.737. The number of aliphatic hydroxyl groups excluding tert-OH is 2. The van der Waals surface area contributed by atoms with Crippen LogP contribution >= 0.6 is 0 Å². The van der Waals surface area contributed by atoms with Crippen molar-refractivity contribution in [1.29, 1.82) is 0 Å². The highest BCUT2D eigenvalue weighted by Gasteiger charge is 2.76. The molecule has 9 nitrogen and oxygen atoms in total. The van der Waals surface area contributed by atoms with Gasteiger partial charge in [0.15, 0.2) is 6.23 Å². The van der Waals surface area contributed by atoms with Crippen LogP contribution in [0.2, 0.25) is 10.1 Å². The smallest absolute Gasteiger partial charge is 0.351 e. The zero-order chi connectivity index (χ0) is 21.9. The number of rotatable bonds is 3. The molecular weight excluding hydrogens is 394 g/mol. The van der Waals surface area contributed by atoms with Gasteiger partial charge >= 0.3 is 5.69 Å². The number of hydrogen-bond donors (Lipinski definition) is 3. The molecule has 1 amide bonds. The molecular formula is C19H31N3O6Si. The fourth-order valence-corrected chi connectivity index (χ4v) is 11.0. The standard InChI is InChI=1S/C19H31N3O6Si/c1-10(23)20-11-8-9-22(17(26)21-11)15-13(25)12(24)14(27-15)16-28-29(16,18(2,3)4)19(5,6)7/h8-9,12-16,24-25H,1-7H3,(H,20,21,23,26)/t12-,13+,14-,15+,16?/m0/s1. The second kappa shape index (κ2) is 6.98. The molecule has 3 rings (SSSR count). The number of nitrogens with one attached hydrogen (secondary N) is 1. The van der Waals surface area contributed by atoms with Gasteiger partial charge in [-0.05, 0) is 16.1 Å². The number of carbonyl (C=O) groups excluding carboxylic acids is 1. The van der Waals surface area contributed by atoms with Gasteiger partial charge in [0.1, 0.15) is 24.1 Å². The molecule has 2 aliphatic heterocycles. The first-order valence-corrected chi connectivity index (χ1v) is 11.8. The molecule has 3 heterocycles. The predicted molar refractivity (Wildman–Crippen MR) is 109 cm³/mol. The Bertz CT molecular complexity index is 845. The lowest BCUT2D eigenvalue weighted by molar-refractivity contribution is -0.114. The van der Waals surface area contributed by atoms with Crippen LogP contribution in [0, 0.1) is 0 Å². The number of carbonyl (C=O) groups is 1. The third-order valence-corrected chi connectivity index (χ3v) is 12.0. The van der Waals surface area contributed by atoms with Gasteiger partial charge in [0.25, 0.3) is 0 Å². The van der Waals surface area contributed by atoms with Crippen molar-refractivity contribution in [2.75, 3.05) is 5.32 Å². The van der Waals surface area contributed by atoms with Crippen molar-refractivity contribution in [2.45, 2.75) is 88.8 Å². The van der Waals surface area contributed by atoms with E-state index in [4.69, 9.17) is 9.16 Å². The lowest BCUT2D eigenvalue weighted by Crippen LogP contribution is -2.47. The molecule has 0 aromatic carbocycles. The van der Waals surface area contributed by atoms with Crippen molar-refractivity contribution < 1.29 is 24.2 Å². The monoisotopic (exact) mass is 425 g/mol. The third-order valence-electron chi connectivity index (χ3n) is 5.87. The molecule has 0 spiro atoms. The van der Waals surface area contributed by atoms with E-state index in [2.05, 4.69) is 51.8 Å². The zero-order valence-electron chi connectivity index (χ0n) is 18.0. The third kappa shape index (κ3) is 3.57. The highest BCUT2D eigenvalue weighted by molar-refractivity contribution is 6.87. The second-order valence-corrected chi connectivity index (χ2v) is 15.2. The van der Waals surface area contributed by atoms with Gasteiger partial charge in [-0.25, -0.2) is 4.79 Å². The van der Waals surface area contributed by atoms with E-state index in [1.165, 1.54) is 19.2 Å². The van der Waals surface area contributed by atoms with E-state index in [0.29, 0.717) is 0 Å². The first-order chi connectivity index (χ1) is 13.2. The highest BCUT2D eigenvalue weighted by atomic mass is 28.4. The SMILES string of the molecule is CC(=O)Nc1ccn([C@@H]2O[C@H](C3O[Si]3(C(C)(C)C)C(C)(C)C)[C@@H](O)[C@H]2O)c(=O)n1. The van der Waals surface area contributed by atoms with Crippen LogP contribution in [0.5, 0.6) is 0 Å². The van der Waals surface area contributed by atoms with E-state index >= 15 is 0 Å². The van der Waals surface area contributed by atoms with Crippen molar-refractivity contribution in [3.8, 4) is 0 Å². The Morgan fingerprint density at radius 2 is 1.76 bits per heavy atom. The summed E-state index contributed by atoms with van der Waals surface area (Å²) in [6.45, 7) is 14.1. The summed E-state index contributed by atoms with van der Waals surface area (Å²) in [7, 11) is -2.34. The quantitative estimate of drug-likeness (QED) is 0.492. The molecule has 162 valence electrons. The van der Waals surface area contributed by atoms with Gasteiger partial charge in [-0.15, -0.1) is 0 Å². The van der Waals surface area contributed by atoms with E-state index in [9.17, 15) is 19.8 Å². The average Bonchev–Trinajstić information content (AvgIpc) is 3.26. The lowest BCUT2D eigenvalue weighted by Gasteiger charge is -2.37. The van der Waals surface area contributed by atoms with Crippen LogP contribution in [-0.4, -0.2) is 58.0 Å². The van der Waals surface area contributed by atoms with Gasteiger partial charge < -0.3 is 24.7 Å². The number of anilines is 1. The van der Waals surface area contributed by atoms with E-state index in [-0.39, 0.29) is 27.5 Å². The van der Waals surface area contributed by atoms with Crippen LogP contribution in [0.15, 0.2) is 17.1 Å². The Morgan fingerprint density at radius 1 is 1.17 bits per heavy atom. The molecule has 0 aliphatic carbocycles. The number of ether oxygens (including phenoxy) is 1. The van der Waals surface area contributed by atoms with Crippen LogP contribution in [0.1, 0.15) is 54.7 Å². The lowest BCUT2D eigenvalue weighted by atomic mass is 10.1. The van der Waals surface area contributed by atoms with Gasteiger partial charge in [0.05, 0.1) is 5.73 Å². The number of aliphatic hydroxyl groups is 2. The van der Waals surface area contributed by atoms with Crippen molar-refractivity contribution in [1.82, 2.24) is 9.55 Å². The number of nitrogens with zero attached hydrogens (tertiary/aromatic N) is 2. The van der Waals surface area contributed by atoms with E-state index in [1.807, 2.05) is 0 Å². The summed E-state index contributed by atoms with van der Waals surface area (Å²) in [5.74, 6) is -0.237. The van der Waals surface area contributed by atoms with Gasteiger partial charge in [0.2, 0.25) is 14.2 Å². The number of amides is 1. The van der Waals surface area contributed by atoms with Crippen LogP contribution in [0.25, 0.3) is 0 Å². The normalized spacial score (nSPS) is 31.6. The summed E-state index contributed by atoms with van der Waals surface area (Å²) in [4.78, 5) is 27.3. The Kier molecular flexibility index (Phi) is 5.32. The van der Waals surface area contributed by atoms with Gasteiger partial charge in [-0.2, -0.15) is 4.98 Å². The number of hydrogen-bond acceptors (Lipinski definition) is 7. The Balaban J connectivity index is 1.87. The van der Waals surface area contributed by atoms with Gasteiger partial charge in [-0.1, -0.05) is 41.5 Å². The minimum Gasteiger partial charge on any atom is -0.408 e. The summed E-state index contributed by atoms with van der Waals surface area (Å²) in [5, 5.41) is 23.5. The van der Waals surface area contributed by atoms with Crippen LogP contribution in [-0.2, 0) is 14.0 Å². The van der Waals surface area contributed by atoms with Gasteiger partial charge in [-0.3, -0.25) is 9.36 Å². The Labute approximate surface area is 171 Å². The van der Waals surface area contributed by atoms with Crippen molar-refractivity contribution in [3.05, 3.63) is 22.7 Å². The summed E-state index contributed by atoms with van der Waals surface area (Å²) in [5.41, 5.74) is -0.987. The minimum absolute atomic E-state index is 0.0968. The number of aromatic nitrogens is 2. The van der Waals surface area contributed by atoms with Crippen LogP contribution < -0.4 is 11.0 Å². The molecule has 0 saturated carbocycles. The molecule has 1 aromatic rings. The average molecular weight is 426 g/mol. The molecule has 0 radical (unpaired) electrons. The molecule has 2 saturated heterocycles.